The number of anilines is 2. The number of sulfone groups is 1. The Bertz CT molecular complexity index is 1040. The molecule has 1 aliphatic heterocycles. The molecule has 1 N–H and O–H groups in total. The van der Waals surface area contributed by atoms with Crippen molar-refractivity contribution in [2.75, 3.05) is 22.5 Å². The largest absolute Gasteiger partial charge is 0.418 e. The van der Waals surface area contributed by atoms with Crippen molar-refractivity contribution in [2.24, 2.45) is 0 Å². The van der Waals surface area contributed by atoms with Crippen LogP contribution in [0.1, 0.15) is 12.0 Å². The number of halogens is 3. The molecule has 2 aromatic rings. The molecule has 28 heavy (non-hydrogen) atoms. The molecule has 2 amide bonds. The maximum Gasteiger partial charge on any atom is 0.418 e. The summed E-state index contributed by atoms with van der Waals surface area (Å²) in [5, 5.41) is 2.15. The van der Waals surface area contributed by atoms with Crippen LogP contribution in [-0.4, -0.2) is 32.5 Å². The number of benzene rings is 2. The minimum atomic E-state index is -4.66. The van der Waals surface area contributed by atoms with Gasteiger partial charge in [-0.25, -0.2) is 8.42 Å². The molecular weight excluding hydrogens is 397 g/mol. The van der Waals surface area contributed by atoms with Gasteiger partial charge in [0.2, 0.25) is 11.8 Å². The first-order chi connectivity index (χ1) is 13.1. The summed E-state index contributed by atoms with van der Waals surface area (Å²) in [7, 11) is -3.71. The van der Waals surface area contributed by atoms with Gasteiger partial charge in [-0.05, 0) is 24.3 Å². The van der Waals surface area contributed by atoms with Crippen LogP contribution in [0.5, 0.6) is 0 Å². The molecule has 1 heterocycles. The normalized spacial score (nSPS) is 16.2. The van der Waals surface area contributed by atoms with E-state index in [0.717, 1.165) is 17.0 Å². The van der Waals surface area contributed by atoms with Crippen LogP contribution in [0.4, 0.5) is 24.5 Å². The van der Waals surface area contributed by atoms with Gasteiger partial charge in [0.05, 0.1) is 27.6 Å². The Balaban J connectivity index is 1.89. The molecule has 2 aromatic carbocycles. The lowest BCUT2D eigenvalue weighted by Gasteiger charge is -2.22. The Kier molecular flexibility index (Phi) is 5.16. The van der Waals surface area contributed by atoms with Gasteiger partial charge in [0.1, 0.15) is 6.54 Å². The summed E-state index contributed by atoms with van der Waals surface area (Å²) in [4.78, 5) is 25.6. The van der Waals surface area contributed by atoms with Gasteiger partial charge < -0.3 is 10.2 Å². The lowest BCUT2D eigenvalue weighted by Crippen LogP contribution is -2.38. The predicted octanol–water partition coefficient (Wildman–Crippen LogP) is 2.85. The highest BCUT2D eigenvalue weighted by molar-refractivity contribution is 7.91. The molecule has 0 saturated carbocycles. The highest BCUT2D eigenvalue weighted by Crippen LogP contribution is 2.35. The molecule has 0 bridgehead atoms. The van der Waals surface area contributed by atoms with Crippen molar-refractivity contribution in [2.45, 2.75) is 17.5 Å². The Morgan fingerprint density at radius 2 is 1.71 bits per heavy atom. The maximum absolute atomic E-state index is 13.1. The van der Waals surface area contributed by atoms with Crippen molar-refractivity contribution >= 4 is 33.0 Å². The van der Waals surface area contributed by atoms with E-state index in [4.69, 9.17) is 0 Å². The van der Waals surface area contributed by atoms with E-state index in [1.165, 1.54) is 36.4 Å². The molecule has 10 heteroatoms. The first-order valence-corrected chi connectivity index (χ1v) is 9.83. The second kappa shape index (κ2) is 7.27. The van der Waals surface area contributed by atoms with Crippen LogP contribution in [0.3, 0.4) is 0 Å². The monoisotopic (exact) mass is 412 g/mol. The van der Waals surface area contributed by atoms with Crippen LogP contribution in [0, 0.1) is 0 Å². The summed E-state index contributed by atoms with van der Waals surface area (Å²) in [6.45, 7) is -0.614. The second-order valence-electron chi connectivity index (χ2n) is 6.11. The summed E-state index contributed by atoms with van der Waals surface area (Å²) in [6, 6.07) is 10.2. The number of hydrogen-bond acceptors (Lipinski definition) is 4. The van der Waals surface area contributed by atoms with Gasteiger partial charge in [-0.2, -0.15) is 13.2 Å². The van der Waals surface area contributed by atoms with Crippen LogP contribution in [-0.2, 0) is 25.6 Å². The molecule has 148 valence electrons. The number of fused-ring (bicyclic) bond motifs is 1. The molecule has 0 fully saturated rings. The third-order valence-electron chi connectivity index (χ3n) is 4.19. The highest BCUT2D eigenvalue weighted by atomic mass is 32.2. The third kappa shape index (κ3) is 4.01. The minimum Gasteiger partial charge on any atom is -0.324 e. The first-order valence-electron chi connectivity index (χ1n) is 8.18. The SMILES string of the molecule is O=C(CN1C(=O)CCS(=O)(=O)c2ccccc21)Nc1ccccc1C(F)(F)F. The fourth-order valence-electron chi connectivity index (χ4n) is 2.89. The molecule has 0 unspecified atom stereocenters. The van der Waals surface area contributed by atoms with E-state index in [9.17, 15) is 31.2 Å². The quantitative estimate of drug-likeness (QED) is 0.840. The van der Waals surface area contributed by atoms with Crippen molar-refractivity contribution in [1.82, 2.24) is 0 Å². The van der Waals surface area contributed by atoms with Crippen LogP contribution in [0.25, 0.3) is 0 Å². The van der Waals surface area contributed by atoms with E-state index in [1.54, 1.807) is 0 Å². The van der Waals surface area contributed by atoms with Crippen LogP contribution < -0.4 is 10.2 Å². The van der Waals surface area contributed by atoms with Gasteiger partial charge in [-0.1, -0.05) is 24.3 Å². The zero-order chi connectivity index (χ0) is 20.5. The van der Waals surface area contributed by atoms with Crippen LogP contribution >= 0.6 is 0 Å². The molecule has 6 nitrogen and oxygen atoms in total. The van der Waals surface area contributed by atoms with E-state index in [1.807, 2.05) is 0 Å². The number of rotatable bonds is 3. The Hall–Kier alpha value is -2.88. The molecule has 0 spiro atoms. The number of para-hydroxylation sites is 2. The Morgan fingerprint density at radius 1 is 1.07 bits per heavy atom. The molecule has 0 radical (unpaired) electrons. The van der Waals surface area contributed by atoms with Gasteiger partial charge in [0.15, 0.2) is 9.84 Å². The van der Waals surface area contributed by atoms with Crippen LogP contribution in [0.2, 0.25) is 0 Å². The zero-order valence-electron chi connectivity index (χ0n) is 14.4. The van der Waals surface area contributed by atoms with E-state index >= 15 is 0 Å². The van der Waals surface area contributed by atoms with Crippen molar-refractivity contribution in [3.8, 4) is 0 Å². The summed E-state index contributed by atoms with van der Waals surface area (Å²) in [5.74, 6) is -1.88. The van der Waals surface area contributed by atoms with Gasteiger partial charge in [-0.15, -0.1) is 0 Å². The summed E-state index contributed by atoms with van der Waals surface area (Å²) in [6.07, 6.45) is -4.99. The van der Waals surface area contributed by atoms with Crippen molar-refractivity contribution in [3.63, 3.8) is 0 Å². The smallest absolute Gasteiger partial charge is 0.324 e. The summed E-state index contributed by atoms with van der Waals surface area (Å²) >= 11 is 0. The van der Waals surface area contributed by atoms with E-state index in [2.05, 4.69) is 5.32 Å². The Labute approximate surface area is 158 Å². The molecule has 0 aromatic heterocycles. The van der Waals surface area contributed by atoms with Crippen molar-refractivity contribution < 1.29 is 31.2 Å². The second-order valence-corrected chi connectivity index (χ2v) is 8.19. The molecule has 1 aliphatic rings. The van der Waals surface area contributed by atoms with Gasteiger partial charge in [0, 0.05) is 6.42 Å². The Morgan fingerprint density at radius 3 is 2.43 bits per heavy atom. The topological polar surface area (TPSA) is 83.6 Å². The zero-order valence-corrected chi connectivity index (χ0v) is 15.2. The number of hydrogen-bond donors (Lipinski definition) is 1. The maximum atomic E-state index is 13.1. The fourth-order valence-corrected chi connectivity index (χ4v) is 4.34. The van der Waals surface area contributed by atoms with E-state index < -0.39 is 51.4 Å². The van der Waals surface area contributed by atoms with Crippen molar-refractivity contribution in [1.29, 1.82) is 0 Å². The highest BCUT2D eigenvalue weighted by Gasteiger charge is 2.35. The predicted molar refractivity (Wildman–Crippen MR) is 95.5 cm³/mol. The average Bonchev–Trinajstić information content (AvgIpc) is 2.72. The molecule has 0 atom stereocenters. The number of amides is 2. The van der Waals surface area contributed by atoms with Crippen LogP contribution in [0.15, 0.2) is 53.4 Å². The fraction of sp³-hybridized carbons (Fsp3) is 0.222. The van der Waals surface area contributed by atoms with E-state index in [-0.39, 0.29) is 17.0 Å². The van der Waals surface area contributed by atoms with Gasteiger partial charge in [0.25, 0.3) is 0 Å². The summed E-state index contributed by atoms with van der Waals surface area (Å²) in [5.41, 5.74) is -1.43. The number of alkyl halides is 3. The lowest BCUT2D eigenvalue weighted by atomic mass is 10.1. The average molecular weight is 412 g/mol. The summed E-state index contributed by atoms with van der Waals surface area (Å²) < 4.78 is 63.8. The molecular formula is C18H15F3N2O4S. The number of nitrogens with zero attached hydrogens (tertiary/aromatic N) is 1. The number of carbonyl (C=O) groups excluding carboxylic acids is 2. The number of carbonyl (C=O) groups is 2. The lowest BCUT2D eigenvalue weighted by molar-refractivity contribution is -0.137. The van der Waals surface area contributed by atoms with E-state index in [0.29, 0.717) is 0 Å². The molecule has 0 saturated heterocycles. The van der Waals surface area contributed by atoms with Crippen molar-refractivity contribution in [3.05, 3.63) is 54.1 Å². The standard InChI is InChI=1S/C18H15F3N2O4S/c19-18(20,21)12-5-1-2-6-13(12)22-16(24)11-23-14-7-3-4-8-15(14)28(26,27)10-9-17(23)25/h1-8H,9-11H2,(H,22,24). The van der Waals surface area contributed by atoms with Gasteiger partial charge in [-0.3, -0.25) is 9.59 Å². The third-order valence-corrected chi connectivity index (χ3v) is 5.94. The first kappa shape index (κ1) is 19.9. The number of nitrogens with one attached hydrogen (secondary N) is 1. The minimum absolute atomic E-state index is 0.0317. The molecule has 0 aliphatic carbocycles. The van der Waals surface area contributed by atoms with Gasteiger partial charge >= 0.3 is 6.18 Å². The molecule has 3 rings (SSSR count).